The third-order valence-electron chi connectivity index (χ3n) is 4.52. The standard InChI is InChI=1S/C21H23FO3.CH2O/c22-19-13-18(24-14-16-7-3-1-4-8-16)11-12-21(19)25-15-20(23)17-9-5-2-6-10-17;1-2/h1-10,18-19,21H,11-15H2;1H2. The lowest BCUT2D eigenvalue weighted by Gasteiger charge is -2.31. The Morgan fingerprint density at radius 2 is 1.59 bits per heavy atom. The van der Waals surface area contributed by atoms with Crippen molar-refractivity contribution < 1.29 is 23.5 Å². The highest BCUT2D eigenvalue weighted by Crippen LogP contribution is 2.27. The smallest absolute Gasteiger partial charge is 0.188 e. The maximum absolute atomic E-state index is 14.4. The van der Waals surface area contributed by atoms with Crippen LogP contribution in [0.4, 0.5) is 4.39 Å². The predicted octanol–water partition coefficient (Wildman–Crippen LogP) is 4.18. The molecular weight excluding hydrogens is 347 g/mol. The lowest BCUT2D eigenvalue weighted by atomic mass is 9.93. The molecule has 0 aromatic heterocycles. The first-order valence-corrected chi connectivity index (χ1v) is 9.00. The quantitative estimate of drug-likeness (QED) is 0.684. The summed E-state index contributed by atoms with van der Waals surface area (Å²) in [4.78, 5) is 20.0. The molecule has 0 bridgehead atoms. The van der Waals surface area contributed by atoms with Gasteiger partial charge in [-0.3, -0.25) is 4.79 Å². The number of hydrogen-bond acceptors (Lipinski definition) is 4. The molecule has 5 heteroatoms. The van der Waals surface area contributed by atoms with E-state index in [9.17, 15) is 9.18 Å². The predicted molar refractivity (Wildman–Crippen MR) is 101 cm³/mol. The molecule has 1 fully saturated rings. The Labute approximate surface area is 159 Å². The van der Waals surface area contributed by atoms with Crippen molar-refractivity contribution in [2.24, 2.45) is 0 Å². The van der Waals surface area contributed by atoms with Crippen molar-refractivity contribution in [3.63, 3.8) is 0 Å². The van der Waals surface area contributed by atoms with Crippen LogP contribution in [0.15, 0.2) is 60.7 Å². The molecule has 3 atom stereocenters. The maximum atomic E-state index is 14.4. The first-order valence-electron chi connectivity index (χ1n) is 9.00. The molecule has 0 heterocycles. The molecule has 2 aromatic carbocycles. The minimum Gasteiger partial charge on any atom is -0.373 e. The van der Waals surface area contributed by atoms with Gasteiger partial charge in [-0.2, -0.15) is 0 Å². The lowest BCUT2D eigenvalue weighted by molar-refractivity contribution is -0.0980. The van der Waals surface area contributed by atoms with Gasteiger partial charge in [0.25, 0.3) is 0 Å². The van der Waals surface area contributed by atoms with Crippen LogP contribution in [0.25, 0.3) is 0 Å². The van der Waals surface area contributed by atoms with Crippen LogP contribution in [0.1, 0.15) is 35.2 Å². The number of alkyl halides is 1. The van der Waals surface area contributed by atoms with E-state index in [-0.39, 0.29) is 18.5 Å². The first-order chi connectivity index (χ1) is 13.2. The summed E-state index contributed by atoms with van der Waals surface area (Å²) >= 11 is 0. The number of carbonyl (C=O) groups is 2. The van der Waals surface area contributed by atoms with E-state index in [2.05, 4.69) is 0 Å². The second kappa shape index (κ2) is 11.4. The van der Waals surface area contributed by atoms with Gasteiger partial charge in [-0.15, -0.1) is 0 Å². The van der Waals surface area contributed by atoms with Crippen LogP contribution < -0.4 is 0 Å². The molecule has 0 saturated heterocycles. The average Bonchev–Trinajstić information content (AvgIpc) is 2.74. The summed E-state index contributed by atoms with van der Waals surface area (Å²) in [6.45, 7) is 2.42. The Hall–Kier alpha value is -2.37. The van der Waals surface area contributed by atoms with Gasteiger partial charge in [0.15, 0.2) is 5.78 Å². The van der Waals surface area contributed by atoms with Crippen molar-refractivity contribution in [3.8, 4) is 0 Å². The minimum absolute atomic E-state index is 0.0787. The van der Waals surface area contributed by atoms with Gasteiger partial charge in [0.1, 0.15) is 19.6 Å². The van der Waals surface area contributed by atoms with Gasteiger partial charge >= 0.3 is 0 Å². The Bertz CT molecular complexity index is 677. The fourth-order valence-corrected chi connectivity index (χ4v) is 3.07. The third-order valence-corrected chi connectivity index (χ3v) is 4.52. The van der Waals surface area contributed by atoms with E-state index in [1.165, 1.54) is 0 Å². The van der Waals surface area contributed by atoms with E-state index in [0.717, 1.165) is 12.0 Å². The van der Waals surface area contributed by atoms with E-state index in [1.54, 1.807) is 24.3 Å². The van der Waals surface area contributed by atoms with Crippen molar-refractivity contribution in [1.82, 2.24) is 0 Å². The number of rotatable bonds is 7. The molecule has 0 amide bonds. The van der Waals surface area contributed by atoms with Crippen LogP contribution in [-0.4, -0.2) is 37.6 Å². The van der Waals surface area contributed by atoms with Gasteiger partial charge in [0.2, 0.25) is 0 Å². The Morgan fingerprint density at radius 1 is 0.963 bits per heavy atom. The highest BCUT2D eigenvalue weighted by molar-refractivity contribution is 5.97. The van der Waals surface area contributed by atoms with E-state index >= 15 is 0 Å². The second-order valence-corrected chi connectivity index (χ2v) is 6.39. The Morgan fingerprint density at radius 3 is 2.22 bits per heavy atom. The number of halogens is 1. The zero-order chi connectivity index (χ0) is 19.5. The number of hydrogen-bond donors (Lipinski definition) is 0. The van der Waals surface area contributed by atoms with Gasteiger partial charge in [-0.25, -0.2) is 4.39 Å². The molecule has 4 nitrogen and oxygen atoms in total. The Balaban J connectivity index is 0.00000126. The van der Waals surface area contributed by atoms with Crippen LogP contribution >= 0.6 is 0 Å². The average molecular weight is 372 g/mol. The van der Waals surface area contributed by atoms with Crippen LogP contribution in [0.3, 0.4) is 0 Å². The Kier molecular flexibility index (Phi) is 8.81. The van der Waals surface area contributed by atoms with Crippen molar-refractivity contribution in [2.45, 2.75) is 44.2 Å². The molecule has 0 N–H and O–H groups in total. The first kappa shape index (κ1) is 20.9. The highest BCUT2D eigenvalue weighted by atomic mass is 19.1. The van der Waals surface area contributed by atoms with E-state index in [1.807, 2.05) is 43.2 Å². The highest BCUT2D eigenvalue weighted by Gasteiger charge is 2.32. The molecule has 0 radical (unpaired) electrons. The van der Waals surface area contributed by atoms with Crippen LogP contribution in [0.2, 0.25) is 0 Å². The molecule has 0 aliphatic heterocycles. The van der Waals surface area contributed by atoms with E-state index in [0.29, 0.717) is 25.0 Å². The summed E-state index contributed by atoms with van der Waals surface area (Å²) < 4.78 is 25.7. The van der Waals surface area contributed by atoms with Gasteiger partial charge in [-0.1, -0.05) is 60.7 Å². The van der Waals surface area contributed by atoms with Crippen molar-refractivity contribution in [2.75, 3.05) is 6.61 Å². The molecule has 1 aliphatic carbocycles. The second-order valence-electron chi connectivity index (χ2n) is 6.39. The van der Waals surface area contributed by atoms with E-state index in [4.69, 9.17) is 14.3 Å². The summed E-state index contributed by atoms with van der Waals surface area (Å²) in [5.74, 6) is -0.116. The normalized spacial score (nSPS) is 21.7. The van der Waals surface area contributed by atoms with Gasteiger partial charge in [0.05, 0.1) is 18.8 Å². The summed E-state index contributed by atoms with van der Waals surface area (Å²) in [5, 5.41) is 0. The summed E-state index contributed by atoms with van der Waals surface area (Å²) in [6, 6.07) is 18.8. The fourth-order valence-electron chi connectivity index (χ4n) is 3.07. The lowest BCUT2D eigenvalue weighted by Crippen LogP contribution is -2.37. The molecule has 144 valence electrons. The van der Waals surface area contributed by atoms with Crippen molar-refractivity contribution in [3.05, 3.63) is 71.8 Å². The van der Waals surface area contributed by atoms with Gasteiger partial charge in [-0.05, 0) is 18.4 Å². The van der Waals surface area contributed by atoms with Crippen LogP contribution in [-0.2, 0) is 20.9 Å². The molecule has 0 spiro atoms. The molecule has 3 rings (SSSR count). The monoisotopic (exact) mass is 372 g/mol. The third kappa shape index (κ3) is 6.70. The fraction of sp³-hybridized carbons (Fsp3) is 0.364. The largest absolute Gasteiger partial charge is 0.373 e. The zero-order valence-corrected chi connectivity index (χ0v) is 15.3. The molecule has 3 unspecified atom stereocenters. The van der Waals surface area contributed by atoms with E-state index < -0.39 is 12.3 Å². The SMILES string of the molecule is C=O.O=C(COC1CCC(OCc2ccccc2)CC1F)c1ccccc1. The van der Waals surface area contributed by atoms with Crippen LogP contribution in [0, 0.1) is 0 Å². The topological polar surface area (TPSA) is 52.6 Å². The molecular formula is C22H25FO4. The van der Waals surface area contributed by atoms with Crippen LogP contribution in [0.5, 0.6) is 0 Å². The van der Waals surface area contributed by atoms with Gasteiger partial charge < -0.3 is 14.3 Å². The van der Waals surface area contributed by atoms with Crippen molar-refractivity contribution >= 4 is 12.6 Å². The number of Topliss-reactive ketones (excluding diaryl/α,β-unsaturated/α-hetero) is 1. The molecule has 27 heavy (non-hydrogen) atoms. The number of carbonyl (C=O) groups excluding carboxylic acids is 2. The van der Waals surface area contributed by atoms with Crippen molar-refractivity contribution in [1.29, 1.82) is 0 Å². The molecule has 1 saturated carbocycles. The number of ketones is 1. The zero-order valence-electron chi connectivity index (χ0n) is 15.3. The number of ether oxygens (including phenoxy) is 2. The van der Waals surface area contributed by atoms with Gasteiger partial charge in [0, 0.05) is 12.0 Å². The summed E-state index contributed by atoms with van der Waals surface area (Å²) in [7, 11) is 0. The maximum Gasteiger partial charge on any atom is 0.188 e. The number of benzene rings is 2. The summed E-state index contributed by atoms with van der Waals surface area (Å²) in [5.41, 5.74) is 1.68. The minimum atomic E-state index is -1.10. The summed E-state index contributed by atoms with van der Waals surface area (Å²) in [6.07, 6.45) is -0.0841. The molecule has 1 aliphatic rings. The molecule has 2 aromatic rings.